The van der Waals surface area contributed by atoms with E-state index in [2.05, 4.69) is 10.0 Å². The zero-order valence-corrected chi connectivity index (χ0v) is 8.39. The standard InChI is InChI=1S/C10H18N4/c11-10(13-12)14-4-8-6-1-2-7(3-6)9(8)5-14/h6-9H,1-5,12H2,(H2,11,13). The lowest BCUT2D eigenvalue weighted by Crippen LogP contribution is -2.37. The Kier molecular flexibility index (Phi) is 1.66. The van der Waals surface area contributed by atoms with E-state index in [0.29, 0.717) is 5.96 Å². The first-order valence-corrected chi connectivity index (χ1v) is 5.58. The summed E-state index contributed by atoms with van der Waals surface area (Å²) in [6.45, 7) is 2.19. The van der Waals surface area contributed by atoms with Crippen LogP contribution >= 0.6 is 0 Å². The predicted molar refractivity (Wildman–Crippen MR) is 55.2 cm³/mol. The second kappa shape index (κ2) is 2.78. The van der Waals surface area contributed by atoms with E-state index < -0.39 is 0 Å². The molecule has 1 aliphatic heterocycles. The number of nitrogens with two attached hydrogens (primary N) is 2. The Balaban J connectivity index is 1.76. The number of hydrogen-bond acceptors (Lipinski definition) is 2. The van der Waals surface area contributed by atoms with Crippen molar-refractivity contribution < 1.29 is 0 Å². The number of guanidine groups is 1. The van der Waals surface area contributed by atoms with Gasteiger partial charge in [0.25, 0.3) is 0 Å². The summed E-state index contributed by atoms with van der Waals surface area (Å²) in [5, 5.41) is 3.59. The summed E-state index contributed by atoms with van der Waals surface area (Å²) in [4.78, 5) is 2.17. The van der Waals surface area contributed by atoms with E-state index in [9.17, 15) is 0 Å². The van der Waals surface area contributed by atoms with Gasteiger partial charge in [0, 0.05) is 13.1 Å². The van der Waals surface area contributed by atoms with Crippen molar-refractivity contribution in [1.29, 1.82) is 0 Å². The Hall–Kier alpha value is -0.930. The van der Waals surface area contributed by atoms with Crippen LogP contribution in [-0.4, -0.2) is 23.9 Å². The highest BCUT2D eigenvalue weighted by molar-refractivity contribution is 5.78. The molecule has 0 aromatic rings. The maximum atomic E-state index is 5.74. The van der Waals surface area contributed by atoms with Gasteiger partial charge in [-0.05, 0) is 42.9 Å². The van der Waals surface area contributed by atoms with Crippen LogP contribution in [0.3, 0.4) is 0 Å². The van der Waals surface area contributed by atoms with Gasteiger partial charge in [-0.25, -0.2) is 0 Å². The molecule has 1 saturated heterocycles. The Morgan fingerprint density at radius 1 is 1.14 bits per heavy atom. The lowest BCUT2D eigenvalue weighted by atomic mass is 9.82. The minimum absolute atomic E-state index is 0.527. The van der Waals surface area contributed by atoms with E-state index in [4.69, 9.17) is 11.6 Å². The first-order chi connectivity index (χ1) is 6.79. The number of likely N-dealkylation sites (tertiary alicyclic amines) is 1. The highest BCUT2D eigenvalue weighted by Gasteiger charge is 2.51. The lowest BCUT2D eigenvalue weighted by Gasteiger charge is -2.22. The van der Waals surface area contributed by atoms with Crippen LogP contribution < -0.4 is 11.6 Å². The highest BCUT2D eigenvalue weighted by atomic mass is 15.3. The van der Waals surface area contributed by atoms with Gasteiger partial charge in [-0.15, -0.1) is 5.10 Å². The van der Waals surface area contributed by atoms with Crippen molar-refractivity contribution in [3.63, 3.8) is 0 Å². The molecule has 4 N–H and O–H groups in total. The minimum Gasteiger partial charge on any atom is -0.368 e. The summed E-state index contributed by atoms with van der Waals surface area (Å²) in [7, 11) is 0. The molecule has 78 valence electrons. The van der Waals surface area contributed by atoms with Gasteiger partial charge in [-0.2, -0.15) is 0 Å². The molecule has 2 aliphatic carbocycles. The molecular formula is C10H18N4. The maximum absolute atomic E-state index is 5.74. The van der Waals surface area contributed by atoms with Crippen LogP contribution in [0.5, 0.6) is 0 Å². The number of fused-ring (bicyclic) bond motifs is 5. The molecule has 14 heavy (non-hydrogen) atoms. The Labute approximate surface area is 84.3 Å². The summed E-state index contributed by atoms with van der Waals surface area (Å²) in [6.07, 6.45) is 4.36. The average molecular weight is 194 g/mol. The van der Waals surface area contributed by atoms with Crippen LogP contribution in [0.25, 0.3) is 0 Å². The monoisotopic (exact) mass is 194 g/mol. The number of hydrazone groups is 1. The predicted octanol–water partition coefficient (Wildman–Crippen LogP) is 0.153. The number of hydrogen-bond donors (Lipinski definition) is 2. The molecule has 3 fully saturated rings. The Morgan fingerprint density at radius 3 is 2.21 bits per heavy atom. The fourth-order valence-electron chi connectivity index (χ4n) is 3.95. The molecular weight excluding hydrogens is 176 g/mol. The molecule has 4 heteroatoms. The molecule has 4 nitrogen and oxygen atoms in total. The largest absolute Gasteiger partial charge is 0.368 e. The van der Waals surface area contributed by atoms with E-state index in [0.717, 1.165) is 36.8 Å². The third-order valence-electron chi connectivity index (χ3n) is 4.59. The van der Waals surface area contributed by atoms with Gasteiger partial charge in [0.15, 0.2) is 0 Å². The van der Waals surface area contributed by atoms with Crippen LogP contribution in [0.2, 0.25) is 0 Å². The maximum Gasteiger partial charge on any atom is 0.213 e. The zero-order chi connectivity index (χ0) is 9.71. The zero-order valence-electron chi connectivity index (χ0n) is 8.39. The minimum atomic E-state index is 0.527. The van der Waals surface area contributed by atoms with Crippen molar-refractivity contribution in [3.05, 3.63) is 0 Å². The first kappa shape index (κ1) is 8.38. The van der Waals surface area contributed by atoms with Crippen LogP contribution in [0, 0.1) is 23.7 Å². The topological polar surface area (TPSA) is 67.6 Å². The van der Waals surface area contributed by atoms with Crippen LogP contribution in [-0.2, 0) is 0 Å². The van der Waals surface area contributed by atoms with Gasteiger partial charge in [-0.3, -0.25) is 0 Å². The van der Waals surface area contributed by atoms with Gasteiger partial charge >= 0.3 is 0 Å². The third-order valence-corrected chi connectivity index (χ3v) is 4.59. The third kappa shape index (κ3) is 0.967. The molecule has 0 aromatic heterocycles. The van der Waals surface area contributed by atoms with Crippen molar-refractivity contribution >= 4 is 5.96 Å². The molecule has 4 unspecified atom stereocenters. The van der Waals surface area contributed by atoms with Crippen molar-refractivity contribution in [2.24, 2.45) is 40.3 Å². The van der Waals surface area contributed by atoms with Crippen LogP contribution in [0.1, 0.15) is 19.3 Å². The summed E-state index contributed by atoms with van der Waals surface area (Å²) in [5.41, 5.74) is 5.74. The van der Waals surface area contributed by atoms with Crippen LogP contribution in [0.15, 0.2) is 5.10 Å². The van der Waals surface area contributed by atoms with E-state index >= 15 is 0 Å². The van der Waals surface area contributed by atoms with Crippen molar-refractivity contribution in [3.8, 4) is 0 Å². The number of rotatable bonds is 0. The Morgan fingerprint density at radius 2 is 1.71 bits per heavy atom. The van der Waals surface area contributed by atoms with Gasteiger partial charge in [0.1, 0.15) is 0 Å². The van der Waals surface area contributed by atoms with Gasteiger partial charge in [-0.1, -0.05) is 0 Å². The highest BCUT2D eigenvalue weighted by Crippen LogP contribution is 2.54. The molecule has 2 saturated carbocycles. The molecule has 4 atom stereocenters. The molecule has 3 rings (SSSR count). The average Bonchev–Trinajstić information content (AvgIpc) is 2.87. The van der Waals surface area contributed by atoms with Crippen LogP contribution in [0.4, 0.5) is 0 Å². The summed E-state index contributed by atoms with van der Waals surface area (Å²) >= 11 is 0. The van der Waals surface area contributed by atoms with Gasteiger partial charge in [0.05, 0.1) is 0 Å². The normalized spacial score (nSPS) is 46.0. The van der Waals surface area contributed by atoms with Crippen molar-refractivity contribution in [1.82, 2.24) is 4.90 Å². The van der Waals surface area contributed by atoms with Crippen molar-refractivity contribution in [2.45, 2.75) is 19.3 Å². The first-order valence-electron chi connectivity index (χ1n) is 5.58. The van der Waals surface area contributed by atoms with Crippen molar-refractivity contribution in [2.75, 3.05) is 13.1 Å². The van der Waals surface area contributed by atoms with E-state index in [-0.39, 0.29) is 0 Å². The van der Waals surface area contributed by atoms with Gasteiger partial charge < -0.3 is 16.5 Å². The fourth-order valence-corrected chi connectivity index (χ4v) is 3.95. The molecule has 0 amide bonds. The number of nitrogens with zero attached hydrogens (tertiary/aromatic N) is 2. The lowest BCUT2D eigenvalue weighted by molar-refractivity contribution is 0.281. The summed E-state index contributed by atoms with van der Waals surface area (Å²) in [5.74, 6) is 9.45. The Bertz CT molecular complexity index is 257. The smallest absolute Gasteiger partial charge is 0.213 e. The molecule has 3 aliphatic rings. The molecule has 2 bridgehead atoms. The molecule has 0 spiro atoms. The summed E-state index contributed by atoms with van der Waals surface area (Å²) in [6, 6.07) is 0. The van der Waals surface area contributed by atoms with E-state index in [1.807, 2.05) is 0 Å². The quantitative estimate of drug-likeness (QED) is 0.250. The molecule has 0 aromatic carbocycles. The molecule has 1 heterocycles. The van der Waals surface area contributed by atoms with E-state index in [1.54, 1.807) is 0 Å². The van der Waals surface area contributed by atoms with Gasteiger partial charge in [0.2, 0.25) is 5.96 Å². The fraction of sp³-hybridized carbons (Fsp3) is 0.900. The second-order valence-electron chi connectivity index (χ2n) is 5.05. The SMILES string of the molecule is N/N=C(\N)N1CC2C3CCC(C3)C2C1. The summed E-state index contributed by atoms with van der Waals surface area (Å²) < 4.78 is 0. The molecule has 0 radical (unpaired) electrons. The van der Waals surface area contributed by atoms with E-state index in [1.165, 1.54) is 19.3 Å². The second-order valence-corrected chi connectivity index (χ2v) is 5.05.